The highest BCUT2D eigenvalue weighted by molar-refractivity contribution is 7.98. The molecule has 0 bridgehead atoms. The van der Waals surface area contributed by atoms with Crippen molar-refractivity contribution in [3.63, 3.8) is 0 Å². The van der Waals surface area contributed by atoms with Crippen molar-refractivity contribution >= 4 is 17.7 Å². The first-order valence-electron chi connectivity index (χ1n) is 20.5. The van der Waals surface area contributed by atoms with Gasteiger partial charge in [0.15, 0.2) is 5.16 Å². The van der Waals surface area contributed by atoms with E-state index in [1.54, 1.807) is 0 Å². The van der Waals surface area contributed by atoms with Crippen LogP contribution in [-0.2, 0) is 42.7 Å². The zero-order valence-electron chi connectivity index (χ0n) is 37.4. The monoisotopic (exact) mass is 691 g/mol. The van der Waals surface area contributed by atoms with E-state index in [1.165, 1.54) is 35.8 Å². The minimum atomic E-state index is -4.68. The van der Waals surface area contributed by atoms with Crippen molar-refractivity contribution < 1.29 is 37.4 Å². The molecule has 0 saturated carbocycles. The van der Waals surface area contributed by atoms with Crippen LogP contribution in [0.5, 0.6) is 0 Å². The van der Waals surface area contributed by atoms with Gasteiger partial charge in [-0.2, -0.15) is 18.2 Å². The molecule has 0 radical (unpaired) electrons. The van der Waals surface area contributed by atoms with Crippen LogP contribution in [0.15, 0.2) is 76.6 Å². The molecule has 0 N–H and O–H groups in total. The molecule has 1 heterocycles. The Morgan fingerprint density at radius 1 is 1.02 bits per heavy atom. The maximum absolute atomic E-state index is 14.8. The Labute approximate surface area is 298 Å². The Balaban J connectivity index is 1.66. The summed E-state index contributed by atoms with van der Waals surface area (Å²) in [7, 11) is 0. The van der Waals surface area contributed by atoms with Crippen molar-refractivity contribution in [2.24, 2.45) is 0 Å². The zero-order chi connectivity index (χ0) is 44.2. The van der Waals surface area contributed by atoms with Gasteiger partial charge in [-0.1, -0.05) is 68.0 Å². The molecule has 0 unspecified atom stereocenters. The average molecular weight is 692 g/mol. The molecule has 5 rings (SSSR count). The molecule has 11 heteroatoms. The fourth-order valence-corrected chi connectivity index (χ4v) is 6.11. The topological polar surface area (TPSA) is 58.4 Å². The minimum Gasteiger partial charge on any atom is -0.336 e. The van der Waals surface area contributed by atoms with Crippen LogP contribution in [0.2, 0.25) is 0 Å². The van der Waals surface area contributed by atoms with Crippen molar-refractivity contribution in [1.29, 1.82) is 0 Å². The first kappa shape index (κ1) is 23.4. The summed E-state index contributed by atoms with van der Waals surface area (Å²) >= 11 is 1.02. The average Bonchev–Trinajstić information content (AvgIpc) is 3.61. The Hall–Kier alpha value is -3.96. The quantitative estimate of drug-likeness (QED) is 0.0825. The van der Waals surface area contributed by atoms with Crippen molar-refractivity contribution in [3.8, 4) is 11.1 Å². The molecule has 1 aromatic heterocycles. The molecule has 1 aliphatic rings. The largest absolute Gasteiger partial charge is 0.416 e. The van der Waals surface area contributed by atoms with E-state index in [0.717, 1.165) is 49.9 Å². The molecule has 0 spiro atoms. The second-order valence-electron chi connectivity index (χ2n) is 10.9. The highest BCUT2D eigenvalue weighted by Crippen LogP contribution is 2.32. The van der Waals surface area contributed by atoms with E-state index < -0.39 is 86.2 Å². The van der Waals surface area contributed by atoms with Crippen LogP contribution in [0, 0.1) is 12.7 Å². The number of hydrogen-bond acceptors (Lipinski definition) is 5. The lowest BCUT2D eigenvalue weighted by atomic mass is 9.98. The summed E-state index contributed by atoms with van der Waals surface area (Å²) in [5, 5.41) is 0.0217. The second-order valence-corrected chi connectivity index (χ2v) is 11.8. The van der Waals surface area contributed by atoms with Crippen LogP contribution in [0.3, 0.4) is 0 Å². The molecule has 0 aliphatic heterocycles. The number of rotatable bonds is 13. The van der Waals surface area contributed by atoms with Gasteiger partial charge in [-0.05, 0) is 91.3 Å². The Bertz CT molecular complexity index is 2260. The number of carbonyl (C=O) groups is 1. The van der Waals surface area contributed by atoms with Gasteiger partial charge in [-0.15, -0.1) is 0 Å². The van der Waals surface area contributed by atoms with Crippen LogP contribution in [0.4, 0.5) is 17.6 Å². The van der Waals surface area contributed by atoms with E-state index in [4.69, 9.17) is 12.3 Å². The van der Waals surface area contributed by atoms with Gasteiger partial charge in [0.25, 0.3) is 5.56 Å². The van der Waals surface area contributed by atoms with E-state index in [9.17, 15) is 29.9 Å². The molecule has 0 atom stereocenters. The molecule has 254 valence electrons. The van der Waals surface area contributed by atoms with E-state index in [2.05, 4.69) is 4.98 Å². The summed E-state index contributed by atoms with van der Waals surface area (Å²) in [5.41, 5.74) is -0.866. The number of aromatic nitrogens is 2. The maximum atomic E-state index is 14.8. The predicted molar refractivity (Wildman–Crippen MR) is 181 cm³/mol. The van der Waals surface area contributed by atoms with E-state index in [0.29, 0.717) is 41.0 Å². The van der Waals surface area contributed by atoms with Gasteiger partial charge >= 0.3 is 6.18 Å². The number of benzene rings is 3. The van der Waals surface area contributed by atoms with Crippen LogP contribution in [0.1, 0.15) is 68.9 Å². The highest BCUT2D eigenvalue weighted by atomic mass is 32.2. The fraction of sp³-hybridized carbons (Fsp3) is 0.378. The van der Waals surface area contributed by atoms with Crippen LogP contribution >= 0.6 is 11.8 Å². The van der Waals surface area contributed by atoms with Gasteiger partial charge in [0.05, 0.1) is 12.4 Å². The number of halogens is 4. The second kappa shape index (κ2) is 15.5. The van der Waals surface area contributed by atoms with E-state index in [-0.39, 0.29) is 38.1 Å². The van der Waals surface area contributed by atoms with Crippen molar-refractivity contribution in [3.05, 3.63) is 116 Å². The first-order chi connectivity index (χ1) is 27.1. The minimum absolute atomic E-state index is 0.00742. The molecule has 1 aliphatic carbocycles. The first-order valence-corrected chi connectivity index (χ1v) is 15.9. The summed E-state index contributed by atoms with van der Waals surface area (Å²) in [4.78, 5) is 32.4. The zero-order valence-corrected chi connectivity index (χ0v) is 27.2. The van der Waals surface area contributed by atoms with Gasteiger partial charge in [0, 0.05) is 44.8 Å². The third-order valence-corrected chi connectivity index (χ3v) is 8.79. The molecule has 48 heavy (non-hydrogen) atoms. The Morgan fingerprint density at radius 3 is 2.40 bits per heavy atom. The third kappa shape index (κ3) is 8.54. The lowest BCUT2D eigenvalue weighted by molar-refractivity contribution is -0.137. The molecule has 4 aromatic rings. The van der Waals surface area contributed by atoms with Crippen LogP contribution in [0.25, 0.3) is 11.1 Å². The number of amides is 1. The maximum Gasteiger partial charge on any atom is 0.416 e. The van der Waals surface area contributed by atoms with Crippen molar-refractivity contribution in [1.82, 2.24) is 19.4 Å². The lowest BCUT2D eigenvalue weighted by Crippen LogP contribution is -2.40. The van der Waals surface area contributed by atoms with Crippen LogP contribution in [-0.4, -0.2) is 51.2 Å². The van der Waals surface area contributed by atoms with Gasteiger partial charge < -0.3 is 14.4 Å². The fourth-order valence-electron chi connectivity index (χ4n) is 5.14. The van der Waals surface area contributed by atoms with E-state index >= 15 is 0 Å². The van der Waals surface area contributed by atoms with Gasteiger partial charge in [-0.25, -0.2) is 4.39 Å². The molecule has 0 fully saturated rings. The number of likely N-dealkylation sites (N-methyl/N-ethyl adjacent to an activating group) is 1. The number of fused-ring (bicyclic) bond motifs is 1. The van der Waals surface area contributed by atoms with E-state index in [1.807, 2.05) is 0 Å². The lowest BCUT2D eigenvalue weighted by Gasteiger charge is -2.28. The Kier molecular flexibility index (Phi) is 7.56. The normalized spacial score (nSPS) is 17.4. The highest BCUT2D eigenvalue weighted by Gasteiger charge is 2.30. The van der Waals surface area contributed by atoms with Crippen molar-refractivity contribution in [2.75, 3.05) is 26.0 Å². The number of thioether (sulfide) groups is 1. The summed E-state index contributed by atoms with van der Waals surface area (Å²) in [6.45, 7) is -12.0. The van der Waals surface area contributed by atoms with Gasteiger partial charge in [0.2, 0.25) is 5.91 Å². The number of nitrogens with zero attached hydrogens (tertiary/aromatic N) is 4. The molecule has 0 saturated heterocycles. The summed E-state index contributed by atoms with van der Waals surface area (Å²) in [5.74, 6) is -1.52. The summed E-state index contributed by atoms with van der Waals surface area (Å²) < 4.78 is 151. The van der Waals surface area contributed by atoms with Gasteiger partial charge in [0.1, 0.15) is 12.4 Å². The summed E-state index contributed by atoms with van der Waals surface area (Å²) in [6.07, 6.45) is -3.53. The SMILES string of the molecule is [2H]c1c([2H])c(-c2ccc(C(F)(F)F)cc2)c([2H])c(C)c1CN(C(=O)Cn1c(SCc2ccc(F)cc2)nc(=O)c2c1CCC2)C([2H])([2H])C([2H])([2H])N(C([2H])([2H])C)C([2H])([2H])C. The molecule has 6 nitrogen and oxygen atoms in total. The van der Waals surface area contributed by atoms with Crippen LogP contribution < -0.4 is 5.56 Å². The standard InChI is InChI=1S/C37H40F4N4O2S/c1-4-43(5-2)19-20-44(22-29-12-11-28(21-25(29)3)27-13-15-30(16-14-27)37(39,40)41)34(46)23-45-33-8-6-7-32(33)35(47)42-36(45)48-24-26-9-17-31(38)18-10-26/h9-18,21H,4-8,19-20,22-24H2,1-3H3/i4D2,5D2,11D,12D,19D2,20D2,21D. The molecule has 1 amide bonds. The number of alkyl halides is 3. The molecular weight excluding hydrogens is 640 g/mol. The van der Waals surface area contributed by atoms with Crippen molar-refractivity contribution in [2.45, 2.75) is 70.2 Å². The Morgan fingerprint density at radius 2 is 1.73 bits per heavy atom. The number of hydrogen-bond donors (Lipinski definition) is 0. The number of carbonyl (C=O) groups excluding carboxylic acids is 1. The molecular formula is C37H40F4N4O2S. The third-order valence-electron chi connectivity index (χ3n) is 7.74. The van der Waals surface area contributed by atoms with Gasteiger partial charge in [-0.3, -0.25) is 9.59 Å². The smallest absolute Gasteiger partial charge is 0.336 e. The molecule has 3 aromatic carbocycles. The predicted octanol–water partition coefficient (Wildman–Crippen LogP) is 7.53. The summed E-state index contributed by atoms with van der Waals surface area (Å²) in [6, 6.07) is 7.27.